The number of ketones is 1. The molecular weight excluding hydrogens is 232 g/mol. The average Bonchev–Trinajstić information content (AvgIpc) is 2.82. The van der Waals surface area contributed by atoms with Crippen molar-refractivity contribution in [1.82, 2.24) is 0 Å². The maximum atomic E-state index is 12.1. The number of benzene rings is 1. The largest absolute Gasteiger partial charge is 0.294 e. The van der Waals surface area contributed by atoms with Gasteiger partial charge in [0.15, 0.2) is 5.78 Å². The van der Waals surface area contributed by atoms with E-state index in [9.17, 15) is 4.79 Å². The Hall–Kier alpha value is -0.820. The average molecular weight is 251 g/mol. The highest BCUT2D eigenvalue weighted by atomic mass is 35.5. The van der Waals surface area contributed by atoms with Crippen molar-refractivity contribution in [2.45, 2.75) is 45.4 Å². The molecule has 0 amide bonds. The Balaban J connectivity index is 1.96. The lowest BCUT2D eigenvalue weighted by Gasteiger charge is -2.09. The summed E-state index contributed by atoms with van der Waals surface area (Å²) in [6.45, 7) is 1.97. The molecule has 2 rings (SSSR count). The van der Waals surface area contributed by atoms with Gasteiger partial charge in [0.25, 0.3) is 0 Å². The zero-order valence-corrected chi connectivity index (χ0v) is 11.1. The molecule has 1 nitrogen and oxygen atoms in total. The molecule has 1 saturated carbocycles. The zero-order valence-electron chi connectivity index (χ0n) is 10.3. The van der Waals surface area contributed by atoms with Crippen LogP contribution in [0.1, 0.15) is 54.4 Å². The predicted molar refractivity (Wildman–Crippen MR) is 71.7 cm³/mol. The summed E-state index contributed by atoms with van der Waals surface area (Å²) in [5.41, 5.74) is 1.83. The number of aryl methyl sites for hydroxylation is 1. The lowest BCUT2D eigenvalue weighted by molar-refractivity contribution is 0.0973. The van der Waals surface area contributed by atoms with Crippen molar-refractivity contribution < 1.29 is 4.79 Å². The number of halogens is 1. The van der Waals surface area contributed by atoms with E-state index in [1.54, 1.807) is 6.07 Å². The number of rotatable bonds is 4. The lowest BCUT2D eigenvalue weighted by Crippen LogP contribution is -2.04. The Bertz CT molecular complexity index is 405. The summed E-state index contributed by atoms with van der Waals surface area (Å²) in [5, 5.41) is 0.653. The van der Waals surface area contributed by atoms with Crippen molar-refractivity contribution in [2.75, 3.05) is 0 Å². The fourth-order valence-electron chi connectivity index (χ4n) is 2.66. The molecule has 0 bridgehead atoms. The van der Waals surface area contributed by atoms with Gasteiger partial charge in [-0.1, -0.05) is 43.4 Å². The summed E-state index contributed by atoms with van der Waals surface area (Å²) < 4.78 is 0. The minimum Gasteiger partial charge on any atom is -0.294 e. The summed E-state index contributed by atoms with van der Waals surface area (Å²) in [7, 11) is 0. The van der Waals surface area contributed by atoms with Gasteiger partial charge in [-0.3, -0.25) is 4.79 Å². The lowest BCUT2D eigenvalue weighted by atomic mass is 9.96. The number of hydrogen-bond donors (Lipinski definition) is 0. The third kappa shape index (κ3) is 3.32. The fraction of sp³-hybridized carbons (Fsp3) is 0.533. The quantitative estimate of drug-likeness (QED) is 0.702. The van der Waals surface area contributed by atoms with Gasteiger partial charge in [0, 0.05) is 17.0 Å². The van der Waals surface area contributed by atoms with Crippen LogP contribution in [0.4, 0.5) is 0 Å². The van der Waals surface area contributed by atoms with Gasteiger partial charge in [0.2, 0.25) is 0 Å². The minimum absolute atomic E-state index is 0.247. The third-order valence-electron chi connectivity index (χ3n) is 3.75. The van der Waals surface area contributed by atoms with Crippen LogP contribution in [0.25, 0.3) is 0 Å². The second-order valence-corrected chi connectivity index (χ2v) is 5.51. The van der Waals surface area contributed by atoms with E-state index in [4.69, 9.17) is 11.6 Å². The van der Waals surface area contributed by atoms with Crippen LogP contribution in [0.15, 0.2) is 18.2 Å². The first-order chi connectivity index (χ1) is 8.16. The fourth-order valence-corrected chi connectivity index (χ4v) is 2.84. The maximum absolute atomic E-state index is 12.1. The zero-order chi connectivity index (χ0) is 12.3. The smallest absolute Gasteiger partial charge is 0.163 e. The van der Waals surface area contributed by atoms with E-state index in [0.29, 0.717) is 11.4 Å². The Kier molecular flexibility index (Phi) is 4.22. The number of carbonyl (C=O) groups is 1. The molecule has 1 aliphatic rings. The van der Waals surface area contributed by atoms with Crippen molar-refractivity contribution in [2.24, 2.45) is 5.92 Å². The van der Waals surface area contributed by atoms with Crippen LogP contribution in [-0.4, -0.2) is 5.78 Å². The monoisotopic (exact) mass is 250 g/mol. The molecule has 0 aromatic heterocycles. The van der Waals surface area contributed by atoms with Crippen molar-refractivity contribution in [3.8, 4) is 0 Å². The molecule has 0 spiro atoms. The number of hydrogen-bond acceptors (Lipinski definition) is 1. The molecule has 1 fully saturated rings. The van der Waals surface area contributed by atoms with Crippen molar-refractivity contribution in [3.05, 3.63) is 34.3 Å². The van der Waals surface area contributed by atoms with E-state index < -0.39 is 0 Å². The molecule has 0 atom stereocenters. The molecule has 1 aromatic carbocycles. The molecule has 17 heavy (non-hydrogen) atoms. The van der Waals surface area contributed by atoms with Crippen LogP contribution in [0, 0.1) is 12.8 Å². The Labute approximate surface area is 108 Å². The van der Waals surface area contributed by atoms with Crippen molar-refractivity contribution in [1.29, 1.82) is 0 Å². The summed E-state index contributed by atoms with van der Waals surface area (Å²) in [6, 6.07) is 5.56. The molecule has 0 N–H and O–H groups in total. The Morgan fingerprint density at radius 1 is 1.35 bits per heavy atom. The minimum atomic E-state index is 0.247. The SMILES string of the molecule is Cc1ccc(Cl)cc1C(=O)CCC1CCCC1. The molecule has 0 heterocycles. The van der Waals surface area contributed by atoms with Gasteiger partial charge in [0.05, 0.1) is 0 Å². The number of carbonyl (C=O) groups excluding carboxylic acids is 1. The molecule has 1 aliphatic carbocycles. The Morgan fingerprint density at radius 3 is 2.76 bits per heavy atom. The molecule has 0 saturated heterocycles. The molecule has 0 unspecified atom stereocenters. The molecule has 0 aliphatic heterocycles. The topological polar surface area (TPSA) is 17.1 Å². The summed E-state index contributed by atoms with van der Waals surface area (Å²) in [6.07, 6.45) is 7.02. The maximum Gasteiger partial charge on any atom is 0.163 e. The first-order valence-corrected chi connectivity index (χ1v) is 6.84. The first kappa shape index (κ1) is 12.6. The van der Waals surface area contributed by atoms with Gasteiger partial charge >= 0.3 is 0 Å². The van der Waals surface area contributed by atoms with E-state index in [2.05, 4.69) is 0 Å². The second kappa shape index (κ2) is 5.68. The predicted octanol–water partition coefficient (Wildman–Crippen LogP) is 4.80. The van der Waals surface area contributed by atoms with Gasteiger partial charge < -0.3 is 0 Å². The van der Waals surface area contributed by atoms with Gasteiger partial charge in [-0.05, 0) is 37.0 Å². The van der Waals surface area contributed by atoms with Crippen LogP contribution < -0.4 is 0 Å². The van der Waals surface area contributed by atoms with Gasteiger partial charge in [0.1, 0.15) is 0 Å². The third-order valence-corrected chi connectivity index (χ3v) is 3.99. The summed E-state index contributed by atoms with van der Waals surface area (Å²) in [4.78, 5) is 12.1. The van der Waals surface area contributed by atoms with E-state index in [0.717, 1.165) is 23.5 Å². The number of Topliss-reactive ketones (excluding diaryl/α,β-unsaturated/α-hetero) is 1. The van der Waals surface area contributed by atoms with Crippen LogP contribution in [0.3, 0.4) is 0 Å². The van der Waals surface area contributed by atoms with Crippen LogP contribution in [0.2, 0.25) is 5.02 Å². The van der Waals surface area contributed by atoms with Gasteiger partial charge in [-0.25, -0.2) is 0 Å². The van der Waals surface area contributed by atoms with Crippen molar-refractivity contribution in [3.63, 3.8) is 0 Å². The first-order valence-electron chi connectivity index (χ1n) is 6.46. The highest BCUT2D eigenvalue weighted by molar-refractivity contribution is 6.31. The van der Waals surface area contributed by atoms with Crippen LogP contribution in [-0.2, 0) is 0 Å². The summed E-state index contributed by atoms with van der Waals surface area (Å²) >= 11 is 5.94. The van der Waals surface area contributed by atoms with Crippen LogP contribution >= 0.6 is 11.6 Å². The van der Waals surface area contributed by atoms with E-state index >= 15 is 0 Å². The highest BCUT2D eigenvalue weighted by Crippen LogP contribution is 2.29. The van der Waals surface area contributed by atoms with E-state index in [1.807, 2.05) is 19.1 Å². The van der Waals surface area contributed by atoms with Crippen LogP contribution in [0.5, 0.6) is 0 Å². The van der Waals surface area contributed by atoms with E-state index in [1.165, 1.54) is 25.7 Å². The normalized spacial score (nSPS) is 16.4. The van der Waals surface area contributed by atoms with Gasteiger partial charge in [-0.2, -0.15) is 0 Å². The molecule has 1 aromatic rings. The Morgan fingerprint density at radius 2 is 2.06 bits per heavy atom. The van der Waals surface area contributed by atoms with Crippen molar-refractivity contribution >= 4 is 17.4 Å². The standard InChI is InChI=1S/C15H19ClO/c1-11-6-8-13(16)10-14(11)15(17)9-7-12-4-2-3-5-12/h6,8,10,12H,2-5,7,9H2,1H3. The van der Waals surface area contributed by atoms with Gasteiger partial charge in [-0.15, -0.1) is 0 Å². The second-order valence-electron chi connectivity index (χ2n) is 5.07. The van der Waals surface area contributed by atoms with E-state index in [-0.39, 0.29) is 5.78 Å². The summed E-state index contributed by atoms with van der Waals surface area (Å²) in [5.74, 6) is 1.02. The molecule has 0 radical (unpaired) electrons. The molecular formula is C15H19ClO. The molecule has 92 valence electrons. The molecule has 2 heteroatoms. The highest BCUT2D eigenvalue weighted by Gasteiger charge is 2.17.